The van der Waals surface area contributed by atoms with Crippen LogP contribution in [0.25, 0.3) is 0 Å². The molecule has 2 rings (SSSR count). The van der Waals surface area contributed by atoms with Crippen LogP contribution in [0.15, 0.2) is 18.2 Å². The van der Waals surface area contributed by atoms with E-state index in [0.29, 0.717) is 11.7 Å². The highest BCUT2D eigenvalue weighted by molar-refractivity contribution is 5.91. The van der Waals surface area contributed by atoms with Crippen LogP contribution in [0.4, 0.5) is 0 Å². The highest BCUT2D eigenvalue weighted by Gasteiger charge is 2.24. The number of aromatic nitrogens is 1. The second-order valence-corrected chi connectivity index (χ2v) is 4.79. The Morgan fingerprint density at radius 3 is 2.82 bits per heavy atom. The van der Waals surface area contributed by atoms with Gasteiger partial charge in [-0.05, 0) is 38.6 Å². The van der Waals surface area contributed by atoms with Crippen molar-refractivity contribution in [2.45, 2.75) is 18.9 Å². The summed E-state index contributed by atoms with van der Waals surface area (Å²) in [4.78, 5) is 20.2. The van der Waals surface area contributed by atoms with Gasteiger partial charge in [0.1, 0.15) is 5.69 Å². The first kappa shape index (κ1) is 12.0. The summed E-state index contributed by atoms with van der Waals surface area (Å²) in [5.74, 6) is -0.0347. The number of hydrogen-bond donors (Lipinski definition) is 0. The second-order valence-electron chi connectivity index (χ2n) is 4.79. The lowest BCUT2D eigenvalue weighted by molar-refractivity contribution is 0.0821. The first-order chi connectivity index (χ1) is 8.09. The zero-order valence-corrected chi connectivity index (χ0v) is 10.7. The summed E-state index contributed by atoms with van der Waals surface area (Å²) in [6, 6.07) is 6.08. The van der Waals surface area contributed by atoms with Crippen molar-refractivity contribution in [3.05, 3.63) is 29.6 Å². The predicted octanol–water partition coefficient (Wildman–Crippen LogP) is 1.55. The summed E-state index contributed by atoms with van der Waals surface area (Å²) in [7, 11) is 5.61. The average Bonchev–Trinajstić information content (AvgIpc) is 2.74. The van der Waals surface area contributed by atoms with Crippen LogP contribution in [0.5, 0.6) is 0 Å². The number of rotatable bonds is 2. The van der Waals surface area contributed by atoms with Gasteiger partial charge in [-0.1, -0.05) is 6.07 Å². The van der Waals surface area contributed by atoms with Crippen LogP contribution in [0, 0.1) is 0 Å². The van der Waals surface area contributed by atoms with E-state index >= 15 is 0 Å². The van der Waals surface area contributed by atoms with Gasteiger partial charge in [0.25, 0.3) is 5.91 Å². The number of carbonyl (C=O) groups is 1. The van der Waals surface area contributed by atoms with Crippen LogP contribution in [0.1, 0.15) is 35.1 Å². The minimum absolute atomic E-state index is 0.0347. The normalized spacial score (nSPS) is 20.5. The van der Waals surface area contributed by atoms with Crippen molar-refractivity contribution < 1.29 is 4.79 Å². The molecule has 4 nitrogen and oxygen atoms in total. The van der Waals surface area contributed by atoms with Crippen molar-refractivity contribution >= 4 is 5.91 Å². The van der Waals surface area contributed by atoms with Gasteiger partial charge in [0.2, 0.25) is 0 Å². The number of hydrogen-bond acceptors (Lipinski definition) is 3. The van der Waals surface area contributed by atoms with Gasteiger partial charge >= 0.3 is 0 Å². The first-order valence-corrected chi connectivity index (χ1v) is 5.98. The number of nitrogens with zero attached hydrogens (tertiary/aromatic N) is 3. The lowest BCUT2D eigenvalue weighted by Crippen LogP contribution is -2.24. The summed E-state index contributed by atoms with van der Waals surface area (Å²) < 4.78 is 0. The Labute approximate surface area is 102 Å². The SMILES string of the molecule is CN(C)C(=O)c1cccc([C@@H]2CCCN2C)n1. The molecule has 2 heterocycles. The van der Waals surface area contributed by atoms with Gasteiger partial charge in [0.15, 0.2) is 0 Å². The van der Waals surface area contributed by atoms with Gasteiger partial charge in [-0.2, -0.15) is 0 Å². The molecule has 1 saturated heterocycles. The molecular formula is C13H19N3O. The van der Waals surface area contributed by atoms with E-state index in [1.54, 1.807) is 25.1 Å². The molecule has 1 aliphatic rings. The maximum atomic E-state index is 11.8. The lowest BCUT2D eigenvalue weighted by Gasteiger charge is -2.19. The van der Waals surface area contributed by atoms with Crippen LogP contribution in [0.3, 0.4) is 0 Å². The van der Waals surface area contributed by atoms with Gasteiger partial charge in [-0.3, -0.25) is 9.69 Å². The summed E-state index contributed by atoms with van der Waals surface area (Å²) >= 11 is 0. The van der Waals surface area contributed by atoms with Crippen molar-refractivity contribution in [2.75, 3.05) is 27.7 Å². The molecule has 4 heteroatoms. The van der Waals surface area contributed by atoms with E-state index in [4.69, 9.17) is 0 Å². The minimum atomic E-state index is -0.0347. The van der Waals surface area contributed by atoms with Crippen LogP contribution in [-0.4, -0.2) is 48.4 Å². The molecular weight excluding hydrogens is 214 g/mol. The van der Waals surface area contributed by atoms with E-state index < -0.39 is 0 Å². The molecule has 0 spiro atoms. The van der Waals surface area contributed by atoms with Gasteiger partial charge in [0.05, 0.1) is 11.7 Å². The maximum Gasteiger partial charge on any atom is 0.271 e. The van der Waals surface area contributed by atoms with E-state index in [1.165, 1.54) is 6.42 Å². The number of likely N-dealkylation sites (tertiary alicyclic amines) is 1. The van der Waals surface area contributed by atoms with Crippen molar-refractivity contribution in [3.8, 4) is 0 Å². The van der Waals surface area contributed by atoms with Crippen molar-refractivity contribution in [1.82, 2.24) is 14.8 Å². The largest absolute Gasteiger partial charge is 0.343 e. The van der Waals surface area contributed by atoms with Gasteiger partial charge in [0, 0.05) is 14.1 Å². The summed E-state index contributed by atoms with van der Waals surface area (Å²) in [6.07, 6.45) is 2.33. The third-order valence-corrected chi connectivity index (χ3v) is 3.26. The fourth-order valence-corrected chi connectivity index (χ4v) is 2.27. The Morgan fingerprint density at radius 1 is 1.47 bits per heavy atom. The molecule has 1 aromatic rings. The Hall–Kier alpha value is -1.42. The highest BCUT2D eigenvalue weighted by atomic mass is 16.2. The van der Waals surface area contributed by atoms with Crippen LogP contribution in [-0.2, 0) is 0 Å². The average molecular weight is 233 g/mol. The van der Waals surface area contributed by atoms with E-state index in [1.807, 2.05) is 12.1 Å². The summed E-state index contributed by atoms with van der Waals surface area (Å²) in [5.41, 5.74) is 1.55. The molecule has 0 saturated carbocycles. The molecule has 0 bridgehead atoms. The van der Waals surface area contributed by atoms with Gasteiger partial charge < -0.3 is 4.90 Å². The standard InChI is InChI=1S/C13H19N3O/c1-15(2)13(17)11-7-4-6-10(14-11)12-8-5-9-16(12)3/h4,6-7,12H,5,8-9H2,1-3H3/t12-/m0/s1. The van der Waals surface area contributed by atoms with Crippen molar-refractivity contribution in [1.29, 1.82) is 0 Å². The molecule has 0 aromatic carbocycles. The molecule has 0 unspecified atom stereocenters. The maximum absolute atomic E-state index is 11.8. The first-order valence-electron chi connectivity index (χ1n) is 5.98. The topological polar surface area (TPSA) is 36.4 Å². The smallest absolute Gasteiger partial charge is 0.271 e. The zero-order valence-electron chi connectivity index (χ0n) is 10.7. The Bertz CT molecular complexity index is 417. The zero-order chi connectivity index (χ0) is 12.4. The van der Waals surface area contributed by atoms with Crippen molar-refractivity contribution in [3.63, 3.8) is 0 Å². The molecule has 0 radical (unpaired) electrons. The molecule has 1 aromatic heterocycles. The minimum Gasteiger partial charge on any atom is -0.343 e. The van der Waals surface area contributed by atoms with E-state index in [9.17, 15) is 4.79 Å². The highest BCUT2D eigenvalue weighted by Crippen LogP contribution is 2.28. The molecule has 1 atom stereocenters. The van der Waals surface area contributed by atoms with Gasteiger partial charge in [-0.15, -0.1) is 0 Å². The predicted molar refractivity (Wildman–Crippen MR) is 66.9 cm³/mol. The lowest BCUT2D eigenvalue weighted by atomic mass is 10.1. The van der Waals surface area contributed by atoms with Crippen LogP contribution < -0.4 is 0 Å². The monoisotopic (exact) mass is 233 g/mol. The summed E-state index contributed by atoms with van der Waals surface area (Å²) in [5, 5.41) is 0. The number of amides is 1. The third-order valence-electron chi connectivity index (χ3n) is 3.26. The molecule has 0 N–H and O–H groups in total. The van der Waals surface area contributed by atoms with Crippen LogP contribution >= 0.6 is 0 Å². The van der Waals surface area contributed by atoms with E-state index in [2.05, 4.69) is 16.9 Å². The Balaban J connectivity index is 2.25. The van der Waals surface area contributed by atoms with Crippen LogP contribution in [0.2, 0.25) is 0 Å². The molecule has 1 amide bonds. The number of pyridine rings is 1. The molecule has 17 heavy (non-hydrogen) atoms. The Kier molecular flexibility index (Phi) is 3.43. The third kappa shape index (κ3) is 2.47. The molecule has 0 aliphatic carbocycles. The van der Waals surface area contributed by atoms with Gasteiger partial charge in [-0.25, -0.2) is 4.98 Å². The van der Waals surface area contributed by atoms with E-state index in [-0.39, 0.29) is 5.91 Å². The molecule has 1 aliphatic heterocycles. The Morgan fingerprint density at radius 2 is 2.24 bits per heavy atom. The van der Waals surface area contributed by atoms with E-state index in [0.717, 1.165) is 18.7 Å². The van der Waals surface area contributed by atoms with Crippen molar-refractivity contribution in [2.24, 2.45) is 0 Å². The fraction of sp³-hybridized carbons (Fsp3) is 0.538. The quantitative estimate of drug-likeness (QED) is 0.777. The fourth-order valence-electron chi connectivity index (χ4n) is 2.27. The summed E-state index contributed by atoms with van der Waals surface area (Å²) in [6.45, 7) is 1.11. The second kappa shape index (κ2) is 4.84. The molecule has 92 valence electrons. The number of carbonyl (C=O) groups excluding carboxylic acids is 1. The molecule has 1 fully saturated rings.